The van der Waals surface area contributed by atoms with Crippen molar-refractivity contribution in [3.8, 4) is 5.75 Å². The van der Waals surface area contributed by atoms with Crippen molar-refractivity contribution in [2.24, 2.45) is 0 Å². The lowest BCUT2D eigenvalue weighted by atomic mass is 10.2. The number of para-hydroxylation sites is 1. The Hall–Kier alpha value is -3.52. The molecule has 0 unspecified atom stereocenters. The van der Waals surface area contributed by atoms with Crippen LogP contribution in [-0.4, -0.2) is 11.9 Å². The summed E-state index contributed by atoms with van der Waals surface area (Å²) < 4.78 is 24.0. The van der Waals surface area contributed by atoms with Crippen LogP contribution in [0.4, 0.5) is 9.18 Å². The minimum Gasteiger partial charge on any atom is -0.486 e. The molecule has 3 N–H and O–H groups in total. The van der Waals surface area contributed by atoms with E-state index in [2.05, 4.69) is 16.2 Å². The molecular formula is C20H17ClFN3O4. The molecule has 29 heavy (non-hydrogen) atoms. The van der Waals surface area contributed by atoms with Crippen LogP contribution in [0.2, 0.25) is 5.02 Å². The van der Waals surface area contributed by atoms with Crippen LogP contribution < -0.4 is 20.9 Å². The minimum atomic E-state index is -0.655. The van der Waals surface area contributed by atoms with Crippen LogP contribution in [0.3, 0.4) is 0 Å². The molecule has 0 bridgehead atoms. The lowest BCUT2D eigenvalue weighted by Crippen LogP contribution is -2.46. The summed E-state index contributed by atoms with van der Waals surface area (Å²) in [6.07, 6.45) is 0. The molecule has 0 saturated heterocycles. The second-order valence-electron chi connectivity index (χ2n) is 5.88. The standard InChI is InChI=1S/C20H17ClFN3O4/c21-16-10-13(6-8-17(16)22)11-23-20(27)25-24-19(26)18-9-7-15(29-18)12-28-14-4-2-1-3-5-14/h1-10H,11-12H2,(H,24,26)(H2,23,25,27). The van der Waals surface area contributed by atoms with Crippen molar-refractivity contribution in [1.29, 1.82) is 0 Å². The number of ether oxygens (including phenoxy) is 1. The first-order valence-corrected chi connectivity index (χ1v) is 8.94. The van der Waals surface area contributed by atoms with Gasteiger partial charge in [0.25, 0.3) is 0 Å². The number of carbonyl (C=O) groups is 2. The van der Waals surface area contributed by atoms with Crippen molar-refractivity contribution in [2.75, 3.05) is 0 Å². The fraction of sp³-hybridized carbons (Fsp3) is 0.100. The average Bonchev–Trinajstić information content (AvgIpc) is 3.21. The number of halogens is 2. The Bertz CT molecular complexity index is 994. The van der Waals surface area contributed by atoms with E-state index in [4.69, 9.17) is 20.8 Å². The first-order chi connectivity index (χ1) is 14.0. The highest BCUT2D eigenvalue weighted by Crippen LogP contribution is 2.16. The number of furan rings is 1. The normalized spacial score (nSPS) is 10.3. The second-order valence-corrected chi connectivity index (χ2v) is 6.29. The molecule has 0 spiro atoms. The van der Waals surface area contributed by atoms with Crippen LogP contribution in [0.1, 0.15) is 21.9 Å². The molecule has 1 heterocycles. The van der Waals surface area contributed by atoms with E-state index in [9.17, 15) is 14.0 Å². The number of hydrogen-bond acceptors (Lipinski definition) is 4. The van der Waals surface area contributed by atoms with Gasteiger partial charge in [0.1, 0.15) is 23.9 Å². The zero-order chi connectivity index (χ0) is 20.6. The molecule has 0 aliphatic carbocycles. The molecule has 3 rings (SSSR count). The number of nitrogens with one attached hydrogen (secondary N) is 3. The third-order valence-electron chi connectivity index (χ3n) is 3.74. The van der Waals surface area contributed by atoms with E-state index < -0.39 is 17.8 Å². The van der Waals surface area contributed by atoms with Gasteiger partial charge in [0.15, 0.2) is 5.76 Å². The Morgan fingerprint density at radius 1 is 1.03 bits per heavy atom. The highest BCUT2D eigenvalue weighted by atomic mass is 35.5. The molecule has 3 aromatic rings. The average molecular weight is 418 g/mol. The van der Waals surface area contributed by atoms with Gasteiger partial charge in [-0.3, -0.25) is 10.2 Å². The molecule has 150 valence electrons. The number of hydrazine groups is 1. The molecular weight excluding hydrogens is 401 g/mol. The van der Waals surface area contributed by atoms with E-state index in [1.165, 1.54) is 24.3 Å². The molecule has 0 saturated carbocycles. The summed E-state index contributed by atoms with van der Waals surface area (Å²) >= 11 is 5.68. The fourth-order valence-electron chi connectivity index (χ4n) is 2.30. The molecule has 0 fully saturated rings. The summed E-state index contributed by atoms with van der Waals surface area (Å²) in [5.74, 6) is -0.0235. The van der Waals surface area contributed by atoms with E-state index in [1.54, 1.807) is 18.2 Å². The SMILES string of the molecule is O=C(NCc1ccc(F)c(Cl)c1)NNC(=O)c1ccc(COc2ccccc2)o1. The molecule has 7 nitrogen and oxygen atoms in total. The van der Waals surface area contributed by atoms with Gasteiger partial charge in [-0.15, -0.1) is 0 Å². The Morgan fingerprint density at radius 2 is 1.83 bits per heavy atom. The van der Waals surface area contributed by atoms with Gasteiger partial charge in [0.2, 0.25) is 0 Å². The van der Waals surface area contributed by atoms with Crippen LogP contribution in [-0.2, 0) is 13.2 Å². The number of urea groups is 1. The molecule has 0 atom stereocenters. The van der Waals surface area contributed by atoms with Gasteiger partial charge in [-0.1, -0.05) is 35.9 Å². The number of carbonyl (C=O) groups excluding carboxylic acids is 2. The van der Waals surface area contributed by atoms with E-state index in [0.717, 1.165) is 0 Å². The van der Waals surface area contributed by atoms with Crippen LogP contribution in [0.5, 0.6) is 5.75 Å². The smallest absolute Gasteiger partial charge is 0.333 e. The third kappa shape index (κ3) is 5.98. The monoisotopic (exact) mass is 417 g/mol. The molecule has 0 aliphatic heterocycles. The molecule has 0 radical (unpaired) electrons. The Kier molecular flexibility index (Phi) is 6.70. The molecule has 2 aromatic carbocycles. The Labute approximate surface area is 170 Å². The maximum Gasteiger partial charge on any atom is 0.333 e. The van der Waals surface area contributed by atoms with Gasteiger partial charge < -0.3 is 14.5 Å². The van der Waals surface area contributed by atoms with Crippen molar-refractivity contribution in [2.45, 2.75) is 13.2 Å². The van der Waals surface area contributed by atoms with Gasteiger partial charge in [-0.05, 0) is 42.0 Å². The third-order valence-corrected chi connectivity index (χ3v) is 4.03. The van der Waals surface area contributed by atoms with E-state index in [0.29, 0.717) is 17.1 Å². The van der Waals surface area contributed by atoms with Gasteiger partial charge in [0.05, 0.1) is 5.02 Å². The Balaban J connectivity index is 1.42. The van der Waals surface area contributed by atoms with Crippen molar-refractivity contribution in [1.82, 2.24) is 16.2 Å². The summed E-state index contributed by atoms with van der Waals surface area (Å²) in [6.45, 7) is 0.259. The van der Waals surface area contributed by atoms with Gasteiger partial charge in [-0.25, -0.2) is 14.6 Å². The van der Waals surface area contributed by atoms with Crippen molar-refractivity contribution >= 4 is 23.5 Å². The highest BCUT2D eigenvalue weighted by molar-refractivity contribution is 6.30. The summed E-state index contributed by atoms with van der Waals surface area (Å²) in [5.41, 5.74) is 5.02. The number of benzene rings is 2. The van der Waals surface area contributed by atoms with Crippen LogP contribution in [0.15, 0.2) is 65.1 Å². The fourth-order valence-corrected chi connectivity index (χ4v) is 2.50. The summed E-state index contributed by atoms with van der Waals surface area (Å²) in [5, 5.41) is 2.46. The summed E-state index contributed by atoms with van der Waals surface area (Å²) in [7, 11) is 0. The van der Waals surface area contributed by atoms with Gasteiger partial charge >= 0.3 is 11.9 Å². The lowest BCUT2D eigenvalue weighted by molar-refractivity contribution is 0.0904. The number of rotatable bonds is 6. The number of amides is 3. The minimum absolute atomic E-state index is 0.0160. The van der Waals surface area contributed by atoms with Crippen LogP contribution >= 0.6 is 11.6 Å². The molecule has 1 aromatic heterocycles. The number of hydrogen-bond donors (Lipinski definition) is 3. The van der Waals surface area contributed by atoms with Crippen molar-refractivity contribution < 1.29 is 23.1 Å². The lowest BCUT2D eigenvalue weighted by Gasteiger charge is -2.08. The van der Waals surface area contributed by atoms with Crippen molar-refractivity contribution in [3.05, 3.63) is 88.6 Å². The zero-order valence-corrected chi connectivity index (χ0v) is 15.8. The highest BCUT2D eigenvalue weighted by Gasteiger charge is 2.12. The first-order valence-electron chi connectivity index (χ1n) is 8.56. The maximum absolute atomic E-state index is 13.1. The first kappa shape index (κ1) is 20.2. The Morgan fingerprint density at radius 3 is 2.59 bits per heavy atom. The second kappa shape index (κ2) is 9.61. The predicted octanol–water partition coefficient (Wildman–Crippen LogP) is 3.80. The van der Waals surface area contributed by atoms with E-state index in [-0.39, 0.29) is 23.9 Å². The van der Waals surface area contributed by atoms with Crippen LogP contribution in [0, 0.1) is 5.82 Å². The predicted molar refractivity (Wildman–Crippen MR) is 104 cm³/mol. The van der Waals surface area contributed by atoms with Crippen LogP contribution in [0.25, 0.3) is 0 Å². The quantitative estimate of drug-likeness (QED) is 0.532. The summed E-state index contributed by atoms with van der Waals surface area (Å²) in [6, 6.07) is 15.7. The molecule has 3 amide bonds. The largest absolute Gasteiger partial charge is 0.486 e. The van der Waals surface area contributed by atoms with Gasteiger partial charge in [0, 0.05) is 6.54 Å². The summed E-state index contributed by atoms with van der Waals surface area (Å²) in [4.78, 5) is 23.8. The van der Waals surface area contributed by atoms with E-state index in [1.807, 2.05) is 18.2 Å². The van der Waals surface area contributed by atoms with Gasteiger partial charge in [-0.2, -0.15) is 0 Å². The molecule has 9 heteroatoms. The topological polar surface area (TPSA) is 92.6 Å². The van der Waals surface area contributed by atoms with E-state index >= 15 is 0 Å². The molecule has 0 aliphatic rings. The zero-order valence-electron chi connectivity index (χ0n) is 15.1. The van der Waals surface area contributed by atoms with Crippen molar-refractivity contribution in [3.63, 3.8) is 0 Å². The maximum atomic E-state index is 13.1.